The molecule has 2 rings (SSSR count). The molecule has 0 saturated carbocycles. The van der Waals surface area contributed by atoms with Crippen LogP contribution in [-0.4, -0.2) is 17.2 Å². The predicted octanol–water partition coefficient (Wildman–Crippen LogP) is 3.09. The van der Waals surface area contributed by atoms with Crippen molar-refractivity contribution in [2.75, 3.05) is 7.11 Å². The summed E-state index contributed by atoms with van der Waals surface area (Å²) in [5.41, 5.74) is 1.63. The molecule has 0 spiro atoms. The molecule has 0 aliphatic carbocycles. The zero-order chi connectivity index (χ0) is 13.8. The molecular formula is C14H17NO3S. The van der Waals surface area contributed by atoms with E-state index < -0.39 is 6.10 Å². The summed E-state index contributed by atoms with van der Waals surface area (Å²) in [6.45, 7) is 4.06. The fourth-order valence-electron chi connectivity index (χ4n) is 1.74. The van der Waals surface area contributed by atoms with Gasteiger partial charge in [0.05, 0.1) is 23.9 Å². The van der Waals surface area contributed by atoms with Crippen LogP contribution in [0.25, 0.3) is 0 Å². The first kappa shape index (κ1) is 13.8. The van der Waals surface area contributed by atoms with Gasteiger partial charge in [0, 0.05) is 17.0 Å². The van der Waals surface area contributed by atoms with Gasteiger partial charge in [-0.15, -0.1) is 11.3 Å². The van der Waals surface area contributed by atoms with E-state index in [2.05, 4.69) is 4.98 Å². The summed E-state index contributed by atoms with van der Waals surface area (Å²) in [7, 11) is 1.60. The molecule has 2 aromatic rings. The minimum Gasteiger partial charge on any atom is -0.497 e. The third-order valence-corrected chi connectivity index (χ3v) is 3.54. The van der Waals surface area contributed by atoms with Crippen molar-refractivity contribution in [1.82, 2.24) is 4.98 Å². The molecule has 0 aliphatic rings. The Balaban J connectivity index is 2.17. The summed E-state index contributed by atoms with van der Waals surface area (Å²) in [5, 5.41) is 12.7. The van der Waals surface area contributed by atoms with Crippen LogP contribution in [0.2, 0.25) is 0 Å². The molecule has 0 radical (unpaired) electrons. The molecule has 0 saturated heterocycles. The molecule has 0 amide bonds. The second kappa shape index (κ2) is 6.04. The number of thiazole rings is 1. The molecule has 0 aliphatic heterocycles. The number of hydrogen-bond acceptors (Lipinski definition) is 5. The lowest BCUT2D eigenvalue weighted by atomic mass is 10.1. The highest BCUT2D eigenvalue weighted by molar-refractivity contribution is 7.09. The van der Waals surface area contributed by atoms with Crippen molar-refractivity contribution in [3.05, 3.63) is 39.8 Å². The van der Waals surface area contributed by atoms with Gasteiger partial charge in [-0.2, -0.15) is 0 Å². The Labute approximate surface area is 116 Å². The number of aliphatic hydroxyl groups is 1. The average Bonchev–Trinajstić information content (AvgIpc) is 2.81. The first-order chi connectivity index (χ1) is 9.10. The molecule has 0 unspecified atom stereocenters. The fourth-order valence-corrected chi connectivity index (χ4v) is 2.34. The summed E-state index contributed by atoms with van der Waals surface area (Å²) in [5.74, 6) is 1.33. The van der Waals surface area contributed by atoms with Crippen molar-refractivity contribution in [1.29, 1.82) is 0 Å². The van der Waals surface area contributed by atoms with Gasteiger partial charge in [-0.05, 0) is 26.0 Å². The number of aryl methyl sites for hydroxylation is 1. The van der Waals surface area contributed by atoms with Crippen LogP contribution in [0.5, 0.6) is 11.5 Å². The van der Waals surface area contributed by atoms with E-state index in [1.807, 2.05) is 24.4 Å². The smallest absolute Gasteiger partial charge is 0.131 e. The van der Waals surface area contributed by atoms with Crippen LogP contribution < -0.4 is 9.47 Å². The van der Waals surface area contributed by atoms with Gasteiger partial charge in [-0.3, -0.25) is 0 Å². The lowest BCUT2D eigenvalue weighted by Gasteiger charge is -2.14. The molecule has 102 valence electrons. The first-order valence-electron chi connectivity index (χ1n) is 6.00. The summed E-state index contributed by atoms with van der Waals surface area (Å²) >= 11 is 1.59. The molecule has 1 N–H and O–H groups in total. The Morgan fingerprint density at radius 1 is 1.42 bits per heavy atom. The van der Waals surface area contributed by atoms with Crippen LogP contribution in [0.4, 0.5) is 0 Å². The summed E-state index contributed by atoms with van der Waals surface area (Å²) in [6.07, 6.45) is -0.585. The third kappa shape index (κ3) is 3.45. The standard InChI is InChI=1S/C14H17NO3S/c1-9(16)13-5-4-12(17-3)6-14(13)18-7-11-8-19-10(2)15-11/h4-6,8-9,16H,7H2,1-3H3/t9-/m0/s1. The van der Waals surface area contributed by atoms with Crippen LogP contribution in [0.15, 0.2) is 23.6 Å². The maximum absolute atomic E-state index is 9.74. The van der Waals surface area contributed by atoms with E-state index in [0.717, 1.165) is 16.3 Å². The normalized spacial score (nSPS) is 12.2. The number of nitrogens with zero attached hydrogens (tertiary/aromatic N) is 1. The van der Waals surface area contributed by atoms with Crippen molar-refractivity contribution < 1.29 is 14.6 Å². The van der Waals surface area contributed by atoms with Gasteiger partial charge in [0.1, 0.15) is 18.1 Å². The molecule has 1 aromatic carbocycles. The van der Waals surface area contributed by atoms with Crippen LogP contribution in [-0.2, 0) is 6.61 Å². The van der Waals surface area contributed by atoms with Gasteiger partial charge >= 0.3 is 0 Å². The van der Waals surface area contributed by atoms with Crippen LogP contribution in [0.3, 0.4) is 0 Å². The molecule has 1 atom stereocenters. The van der Waals surface area contributed by atoms with Gasteiger partial charge in [-0.1, -0.05) is 0 Å². The molecule has 0 fully saturated rings. The van der Waals surface area contributed by atoms with E-state index in [-0.39, 0.29) is 0 Å². The Morgan fingerprint density at radius 3 is 2.79 bits per heavy atom. The maximum Gasteiger partial charge on any atom is 0.131 e. The highest BCUT2D eigenvalue weighted by Gasteiger charge is 2.11. The monoisotopic (exact) mass is 279 g/mol. The van der Waals surface area contributed by atoms with E-state index >= 15 is 0 Å². The second-order valence-corrected chi connectivity index (χ2v) is 5.29. The molecular weight excluding hydrogens is 262 g/mol. The highest BCUT2D eigenvalue weighted by atomic mass is 32.1. The van der Waals surface area contributed by atoms with E-state index in [1.165, 1.54) is 0 Å². The largest absolute Gasteiger partial charge is 0.497 e. The second-order valence-electron chi connectivity index (χ2n) is 4.23. The lowest BCUT2D eigenvalue weighted by molar-refractivity contribution is 0.189. The number of methoxy groups -OCH3 is 1. The fraction of sp³-hybridized carbons (Fsp3) is 0.357. The number of ether oxygens (including phenoxy) is 2. The lowest BCUT2D eigenvalue weighted by Crippen LogP contribution is -2.02. The molecule has 4 nitrogen and oxygen atoms in total. The van der Waals surface area contributed by atoms with Gasteiger partial charge in [-0.25, -0.2) is 4.98 Å². The van der Waals surface area contributed by atoms with Gasteiger partial charge in [0.25, 0.3) is 0 Å². The Bertz CT molecular complexity index is 551. The number of benzene rings is 1. The van der Waals surface area contributed by atoms with E-state index in [0.29, 0.717) is 18.1 Å². The zero-order valence-electron chi connectivity index (χ0n) is 11.2. The Hall–Kier alpha value is -1.59. The van der Waals surface area contributed by atoms with Crippen molar-refractivity contribution in [2.45, 2.75) is 26.6 Å². The molecule has 19 heavy (non-hydrogen) atoms. The minimum atomic E-state index is -0.585. The predicted molar refractivity (Wildman–Crippen MR) is 74.8 cm³/mol. The Morgan fingerprint density at radius 2 is 2.21 bits per heavy atom. The van der Waals surface area contributed by atoms with Crippen LogP contribution in [0, 0.1) is 6.92 Å². The number of aliphatic hydroxyl groups excluding tert-OH is 1. The van der Waals surface area contributed by atoms with Crippen LogP contribution in [0.1, 0.15) is 29.3 Å². The van der Waals surface area contributed by atoms with E-state index in [1.54, 1.807) is 31.4 Å². The van der Waals surface area contributed by atoms with E-state index in [4.69, 9.17) is 9.47 Å². The molecule has 1 aromatic heterocycles. The van der Waals surface area contributed by atoms with Crippen molar-refractivity contribution in [2.24, 2.45) is 0 Å². The SMILES string of the molecule is COc1ccc([C@H](C)O)c(OCc2csc(C)n2)c1. The third-order valence-electron chi connectivity index (χ3n) is 2.71. The topological polar surface area (TPSA) is 51.6 Å². The van der Waals surface area contributed by atoms with Gasteiger partial charge in [0.2, 0.25) is 0 Å². The summed E-state index contributed by atoms with van der Waals surface area (Å²) in [4.78, 5) is 4.34. The molecule has 1 heterocycles. The van der Waals surface area contributed by atoms with E-state index in [9.17, 15) is 5.11 Å². The number of hydrogen-bond donors (Lipinski definition) is 1. The quantitative estimate of drug-likeness (QED) is 0.913. The van der Waals surface area contributed by atoms with Gasteiger partial charge < -0.3 is 14.6 Å². The highest BCUT2D eigenvalue weighted by Crippen LogP contribution is 2.30. The Kier molecular flexibility index (Phi) is 4.39. The van der Waals surface area contributed by atoms with Crippen molar-refractivity contribution >= 4 is 11.3 Å². The summed E-state index contributed by atoms with van der Waals surface area (Å²) in [6, 6.07) is 5.40. The van der Waals surface area contributed by atoms with Crippen LogP contribution >= 0.6 is 11.3 Å². The minimum absolute atomic E-state index is 0.386. The molecule has 5 heteroatoms. The van der Waals surface area contributed by atoms with Crippen molar-refractivity contribution in [3.8, 4) is 11.5 Å². The maximum atomic E-state index is 9.74. The van der Waals surface area contributed by atoms with Crippen molar-refractivity contribution in [3.63, 3.8) is 0 Å². The summed E-state index contributed by atoms with van der Waals surface area (Å²) < 4.78 is 10.9. The first-order valence-corrected chi connectivity index (χ1v) is 6.88. The zero-order valence-corrected chi connectivity index (χ0v) is 12.0. The number of aromatic nitrogens is 1. The number of rotatable bonds is 5. The molecule has 0 bridgehead atoms. The average molecular weight is 279 g/mol. The van der Waals surface area contributed by atoms with Gasteiger partial charge in [0.15, 0.2) is 0 Å².